The van der Waals surface area contributed by atoms with E-state index in [1.807, 2.05) is 28.8 Å². The minimum atomic E-state index is 0.0500. The molecule has 4 heteroatoms. The summed E-state index contributed by atoms with van der Waals surface area (Å²) in [6.07, 6.45) is 9.97. The Balaban J connectivity index is 1.77. The van der Waals surface area contributed by atoms with Gasteiger partial charge in [-0.25, -0.2) is 4.98 Å². The van der Waals surface area contributed by atoms with Crippen LogP contribution in [0.5, 0.6) is 0 Å². The third-order valence-corrected chi connectivity index (χ3v) is 5.27. The molecule has 3 heterocycles. The van der Waals surface area contributed by atoms with Crippen LogP contribution in [-0.2, 0) is 6.61 Å². The lowest BCUT2D eigenvalue weighted by atomic mass is 9.78. The zero-order valence-corrected chi connectivity index (χ0v) is 12.4. The quantitative estimate of drug-likeness (QED) is 0.922. The van der Waals surface area contributed by atoms with Gasteiger partial charge in [-0.1, -0.05) is 18.9 Å². The van der Waals surface area contributed by atoms with Crippen LogP contribution in [0, 0.1) is 5.92 Å². The first-order valence-corrected chi connectivity index (χ1v) is 8.22. The number of fused-ring (bicyclic) bond motifs is 2. The van der Waals surface area contributed by atoms with Gasteiger partial charge in [0.2, 0.25) is 0 Å². The minimum absolute atomic E-state index is 0.0500. The van der Waals surface area contributed by atoms with Crippen LogP contribution in [0.25, 0.3) is 5.65 Å². The Morgan fingerprint density at radius 2 is 2.00 bits per heavy atom. The van der Waals surface area contributed by atoms with Gasteiger partial charge in [0.25, 0.3) is 0 Å². The molecule has 112 valence electrons. The van der Waals surface area contributed by atoms with Gasteiger partial charge in [-0.15, -0.1) is 0 Å². The summed E-state index contributed by atoms with van der Waals surface area (Å²) in [5.41, 5.74) is 1.88. The van der Waals surface area contributed by atoms with E-state index in [4.69, 9.17) is 4.98 Å². The van der Waals surface area contributed by atoms with Crippen molar-refractivity contribution in [2.24, 2.45) is 5.92 Å². The number of pyridine rings is 1. The fraction of sp³-hybridized carbons (Fsp3) is 0.588. The van der Waals surface area contributed by atoms with Gasteiger partial charge in [0, 0.05) is 18.8 Å². The zero-order valence-electron chi connectivity index (χ0n) is 12.4. The number of piperidine rings is 1. The SMILES string of the molecule is OCc1c(N2CCC[C@H]3CCCC[C@H]32)nc2ccccn12. The molecule has 4 nitrogen and oxygen atoms in total. The van der Waals surface area contributed by atoms with Crippen LogP contribution in [0.3, 0.4) is 0 Å². The molecule has 0 amide bonds. The van der Waals surface area contributed by atoms with Crippen LogP contribution in [-0.4, -0.2) is 27.1 Å². The molecule has 0 unspecified atom stereocenters. The minimum Gasteiger partial charge on any atom is -0.390 e. The number of rotatable bonds is 2. The molecule has 1 saturated carbocycles. The largest absolute Gasteiger partial charge is 0.390 e. The van der Waals surface area contributed by atoms with Gasteiger partial charge in [-0.05, 0) is 43.7 Å². The van der Waals surface area contributed by atoms with Gasteiger partial charge in [-0.3, -0.25) is 4.40 Å². The van der Waals surface area contributed by atoms with Crippen molar-refractivity contribution in [2.75, 3.05) is 11.4 Å². The highest BCUT2D eigenvalue weighted by atomic mass is 16.3. The van der Waals surface area contributed by atoms with Crippen LogP contribution >= 0.6 is 0 Å². The Morgan fingerprint density at radius 3 is 2.90 bits per heavy atom. The molecule has 0 spiro atoms. The second-order valence-corrected chi connectivity index (χ2v) is 6.42. The maximum Gasteiger partial charge on any atom is 0.153 e. The van der Waals surface area contributed by atoms with Gasteiger partial charge in [-0.2, -0.15) is 0 Å². The van der Waals surface area contributed by atoms with E-state index in [-0.39, 0.29) is 6.61 Å². The molecule has 1 N–H and O–H groups in total. The van der Waals surface area contributed by atoms with Crippen molar-refractivity contribution in [1.82, 2.24) is 9.38 Å². The number of aliphatic hydroxyl groups is 1. The van der Waals surface area contributed by atoms with Crippen molar-refractivity contribution in [3.8, 4) is 0 Å². The smallest absolute Gasteiger partial charge is 0.153 e. The molecule has 1 aliphatic heterocycles. The molecule has 1 saturated heterocycles. The number of hydrogen-bond acceptors (Lipinski definition) is 3. The summed E-state index contributed by atoms with van der Waals surface area (Å²) in [5, 5.41) is 9.84. The number of nitrogens with zero attached hydrogens (tertiary/aromatic N) is 3. The van der Waals surface area contributed by atoms with E-state index in [0.29, 0.717) is 6.04 Å². The molecule has 2 aromatic rings. The fourth-order valence-electron chi connectivity index (χ4n) is 4.30. The first kappa shape index (κ1) is 13.1. The molecule has 2 atom stereocenters. The predicted molar refractivity (Wildman–Crippen MR) is 83.4 cm³/mol. The average Bonchev–Trinajstić information content (AvgIpc) is 2.92. The number of imidazole rings is 1. The normalized spacial score (nSPS) is 26.0. The Labute approximate surface area is 125 Å². The Hall–Kier alpha value is -1.55. The van der Waals surface area contributed by atoms with Crippen molar-refractivity contribution in [3.63, 3.8) is 0 Å². The standard InChI is InChI=1S/C17H23N3O/c21-12-15-17(18-16-9-3-4-10-19(15)16)20-11-5-7-13-6-1-2-8-14(13)20/h3-4,9-10,13-14,21H,1-2,5-8,11-12H2/t13-,14-/m1/s1. The van der Waals surface area contributed by atoms with E-state index < -0.39 is 0 Å². The van der Waals surface area contributed by atoms with E-state index >= 15 is 0 Å². The van der Waals surface area contributed by atoms with Gasteiger partial charge >= 0.3 is 0 Å². The van der Waals surface area contributed by atoms with Crippen molar-refractivity contribution >= 4 is 11.5 Å². The molecule has 2 aliphatic rings. The van der Waals surface area contributed by atoms with Crippen molar-refractivity contribution in [3.05, 3.63) is 30.1 Å². The Morgan fingerprint density at radius 1 is 1.14 bits per heavy atom. The van der Waals surface area contributed by atoms with E-state index in [2.05, 4.69) is 4.90 Å². The summed E-state index contributed by atoms with van der Waals surface area (Å²) >= 11 is 0. The monoisotopic (exact) mass is 285 g/mol. The topological polar surface area (TPSA) is 40.8 Å². The first-order chi connectivity index (χ1) is 10.4. The highest BCUT2D eigenvalue weighted by Crippen LogP contribution is 2.38. The number of anilines is 1. The average molecular weight is 285 g/mol. The Bertz CT molecular complexity index is 634. The summed E-state index contributed by atoms with van der Waals surface area (Å²) in [6, 6.07) is 6.65. The molecule has 4 rings (SSSR count). The number of aliphatic hydroxyl groups excluding tert-OH is 1. The zero-order chi connectivity index (χ0) is 14.2. The van der Waals surface area contributed by atoms with E-state index in [0.717, 1.165) is 29.6 Å². The lowest BCUT2D eigenvalue weighted by molar-refractivity contribution is 0.239. The fourth-order valence-corrected chi connectivity index (χ4v) is 4.30. The van der Waals surface area contributed by atoms with Crippen LogP contribution in [0.4, 0.5) is 5.82 Å². The molecular formula is C17H23N3O. The van der Waals surface area contributed by atoms with E-state index in [9.17, 15) is 5.11 Å². The van der Waals surface area contributed by atoms with E-state index in [1.165, 1.54) is 38.5 Å². The second-order valence-electron chi connectivity index (χ2n) is 6.42. The molecular weight excluding hydrogens is 262 g/mol. The van der Waals surface area contributed by atoms with Crippen molar-refractivity contribution in [2.45, 2.75) is 51.2 Å². The van der Waals surface area contributed by atoms with Gasteiger partial charge < -0.3 is 10.0 Å². The number of aromatic nitrogens is 2. The van der Waals surface area contributed by atoms with Crippen LogP contribution in [0.15, 0.2) is 24.4 Å². The van der Waals surface area contributed by atoms with Gasteiger partial charge in [0.1, 0.15) is 5.65 Å². The molecule has 2 fully saturated rings. The lowest BCUT2D eigenvalue weighted by Gasteiger charge is -2.44. The van der Waals surface area contributed by atoms with Crippen LogP contribution in [0.1, 0.15) is 44.2 Å². The summed E-state index contributed by atoms with van der Waals surface area (Å²) in [4.78, 5) is 7.32. The van der Waals surface area contributed by atoms with E-state index in [1.54, 1.807) is 0 Å². The van der Waals surface area contributed by atoms with Crippen molar-refractivity contribution < 1.29 is 5.11 Å². The summed E-state index contributed by atoms with van der Waals surface area (Å²) in [6.45, 7) is 1.13. The molecule has 2 aromatic heterocycles. The molecule has 0 bridgehead atoms. The molecule has 0 aromatic carbocycles. The molecule has 1 aliphatic carbocycles. The highest BCUT2D eigenvalue weighted by Gasteiger charge is 2.35. The molecule has 21 heavy (non-hydrogen) atoms. The first-order valence-electron chi connectivity index (χ1n) is 8.22. The summed E-state index contributed by atoms with van der Waals surface area (Å²) in [5.74, 6) is 1.84. The molecule has 0 radical (unpaired) electrons. The maximum atomic E-state index is 9.84. The third-order valence-electron chi connectivity index (χ3n) is 5.27. The van der Waals surface area contributed by atoms with Crippen LogP contribution < -0.4 is 4.90 Å². The summed E-state index contributed by atoms with van der Waals surface area (Å²) < 4.78 is 2.03. The number of hydrogen-bond donors (Lipinski definition) is 1. The highest BCUT2D eigenvalue weighted by molar-refractivity contribution is 5.56. The maximum absolute atomic E-state index is 9.84. The lowest BCUT2D eigenvalue weighted by Crippen LogP contribution is -2.47. The van der Waals surface area contributed by atoms with Crippen molar-refractivity contribution in [1.29, 1.82) is 0 Å². The summed E-state index contributed by atoms with van der Waals surface area (Å²) in [7, 11) is 0. The Kier molecular flexibility index (Phi) is 3.34. The van der Waals surface area contributed by atoms with Crippen LogP contribution in [0.2, 0.25) is 0 Å². The van der Waals surface area contributed by atoms with Gasteiger partial charge in [0.05, 0.1) is 12.3 Å². The van der Waals surface area contributed by atoms with Gasteiger partial charge in [0.15, 0.2) is 5.82 Å². The third kappa shape index (κ3) is 2.13. The second kappa shape index (κ2) is 5.34. The predicted octanol–water partition coefficient (Wildman–Crippen LogP) is 2.99.